The van der Waals surface area contributed by atoms with E-state index in [0.29, 0.717) is 30.6 Å². The number of carbonyl (C=O) groups is 1. The van der Waals surface area contributed by atoms with E-state index in [1.807, 2.05) is 0 Å². The van der Waals surface area contributed by atoms with Gasteiger partial charge in [0.15, 0.2) is 0 Å². The van der Waals surface area contributed by atoms with Gasteiger partial charge in [-0.1, -0.05) is 0 Å². The highest BCUT2D eigenvalue weighted by molar-refractivity contribution is 5.84. The standard InChI is InChI=1S/C12H15NO4/c14-12(15)11-4-2-8(17-11)6-13-9-5-7-1-3-10(9)16-7/h2,4,7,9-10,13H,1,3,5-6H2,(H,14,15). The van der Waals surface area contributed by atoms with Crippen LogP contribution in [-0.4, -0.2) is 29.3 Å². The van der Waals surface area contributed by atoms with E-state index in [9.17, 15) is 4.79 Å². The van der Waals surface area contributed by atoms with Crippen LogP contribution in [0.3, 0.4) is 0 Å². The lowest BCUT2D eigenvalue weighted by atomic mass is 9.95. The molecular formula is C12H15NO4. The number of aromatic carboxylic acids is 1. The molecule has 2 aliphatic heterocycles. The van der Waals surface area contributed by atoms with Crippen molar-refractivity contribution < 1.29 is 19.1 Å². The Morgan fingerprint density at radius 3 is 2.94 bits per heavy atom. The van der Waals surface area contributed by atoms with Crippen LogP contribution in [0.5, 0.6) is 0 Å². The molecule has 3 unspecified atom stereocenters. The Morgan fingerprint density at radius 2 is 2.35 bits per heavy atom. The predicted octanol–water partition coefficient (Wildman–Crippen LogP) is 1.39. The highest BCUT2D eigenvalue weighted by Crippen LogP contribution is 2.34. The molecule has 2 fully saturated rings. The molecule has 17 heavy (non-hydrogen) atoms. The summed E-state index contributed by atoms with van der Waals surface area (Å²) < 4.78 is 10.9. The second-order valence-electron chi connectivity index (χ2n) is 4.67. The van der Waals surface area contributed by atoms with E-state index < -0.39 is 5.97 Å². The third-order valence-electron chi connectivity index (χ3n) is 3.52. The maximum absolute atomic E-state index is 10.6. The molecule has 1 aromatic heterocycles. The van der Waals surface area contributed by atoms with Crippen LogP contribution in [0.15, 0.2) is 16.5 Å². The molecule has 92 valence electrons. The highest BCUT2D eigenvalue weighted by atomic mass is 16.5. The number of nitrogens with one attached hydrogen (secondary N) is 1. The summed E-state index contributed by atoms with van der Waals surface area (Å²) in [6, 6.07) is 3.56. The third-order valence-corrected chi connectivity index (χ3v) is 3.52. The maximum Gasteiger partial charge on any atom is 0.371 e. The zero-order valence-electron chi connectivity index (χ0n) is 9.39. The van der Waals surface area contributed by atoms with Gasteiger partial charge < -0.3 is 19.6 Å². The Balaban J connectivity index is 1.55. The van der Waals surface area contributed by atoms with Crippen LogP contribution < -0.4 is 5.32 Å². The van der Waals surface area contributed by atoms with Crippen LogP contribution in [0, 0.1) is 0 Å². The summed E-state index contributed by atoms with van der Waals surface area (Å²) in [5.74, 6) is -0.379. The molecule has 3 heterocycles. The molecule has 2 saturated heterocycles. The number of hydrogen-bond acceptors (Lipinski definition) is 4. The summed E-state index contributed by atoms with van der Waals surface area (Å²) in [5.41, 5.74) is 0. The number of rotatable bonds is 4. The molecule has 2 N–H and O–H groups in total. The molecule has 0 saturated carbocycles. The van der Waals surface area contributed by atoms with Gasteiger partial charge in [0.2, 0.25) is 5.76 Å². The molecule has 2 aliphatic rings. The van der Waals surface area contributed by atoms with Gasteiger partial charge in [-0.05, 0) is 31.4 Å². The fourth-order valence-electron chi connectivity index (χ4n) is 2.67. The van der Waals surface area contributed by atoms with Crippen molar-refractivity contribution in [2.45, 2.75) is 44.1 Å². The number of carboxylic acids is 1. The minimum Gasteiger partial charge on any atom is -0.475 e. The fraction of sp³-hybridized carbons (Fsp3) is 0.583. The first kappa shape index (κ1) is 10.8. The van der Waals surface area contributed by atoms with E-state index >= 15 is 0 Å². The Hall–Kier alpha value is -1.33. The molecule has 3 rings (SSSR count). The Bertz CT molecular complexity index is 428. The number of hydrogen-bond donors (Lipinski definition) is 2. The Kier molecular flexibility index (Phi) is 2.64. The fourth-order valence-corrected chi connectivity index (χ4v) is 2.67. The largest absolute Gasteiger partial charge is 0.475 e. The molecule has 5 nitrogen and oxygen atoms in total. The topological polar surface area (TPSA) is 71.7 Å². The summed E-state index contributed by atoms with van der Waals surface area (Å²) in [5, 5.41) is 12.1. The molecule has 3 atom stereocenters. The van der Waals surface area contributed by atoms with Gasteiger partial charge >= 0.3 is 5.97 Å². The van der Waals surface area contributed by atoms with E-state index in [-0.39, 0.29) is 5.76 Å². The lowest BCUT2D eigenvalue weighted by molar-refractivity contribution is 0.0659. The van der Waals surface area contributed by atoms with E-state index in [4.69, 9.17) is 14.3 Å². The zero-order chi connectivity index (χ0) is 11.8. The maximum atomic E-state index is 10.6. The number of fused-ring (bicyclic) bond motifs is 2. The van der Waals surface area contributed by atoms with Crippen molar-refractivity contribution in [1.29, 1.82) is 0 Å². The second kappa shape index (κ2) is 4.16. The normalized spacial score (nSPS) is 30.9. The molecule has 2 bridgehead atoms. The van der Waals surface area contributed by atoms with Crippen LogP contribution in [-0.2, 0) is 11.3 Å². The van der Waals surface area contributed by atoms with Gasteiger partial charge in [-0.25, -0.2) is 4.79 Å². The summed E-state index contributed by atoms with van der Waals surface area (Å²) in [7, 11) is 0. The number of ether oxygens (including phenoxy) is 1. The lowest BCUT2D eigenvalue weighted by Gasteiger charge is -2.19. The van der Waals surface area contributed by atoms with Gasteiger partial charge in [0, 0.05) is 6.04 Å². The van der Waals surface area contributed by atoms with Crippen molar-refractivity contribution in [3.05, 3.63) is 23.7 Å². The molecule has 0 aromatic carbocycles. The molecule has 0 spiro atoms. The minimum atomic E-state index is -1.03. The van der Waals surface area contributed by atoms with Crippen LogP contribution in [0.25, 0.3) is 0 Å². The monoisotopic (exact) mass is 237 g/mol. The summed E-state index contributed by atoms with van der Waals surface area (Å²) in [4.78, 5) is 10.6. The van der Waals surface area contributed by atoms with Gasteiger partial charge in [0.1, 0.15) is 5.76 Å². The van der Waals surface area contributed by atoms with Crippen LogP contribution in [0.4, 0.5) is 0 Å². The van der Waals surface area contributed by atoms with Gasteiger partial charge in [0.05, 0.1) is 18.8 Å². The summed E-state index contributed by atoms with van der Waals surface area (Å²) >= 11 is 0. The van der Waals surface area contributed by atoms with E-state index in [0.717, 1.165) is 12.8 Å². The molecule has 1 aromatic rings. The Morgan fingerprint density at radius 1 is 1.47 bits per heavy atom. The van der Waals surface area contributed by atoms with Gasteiger partial charge in [-0.3, -0.25) is 0 Å². The van der Waals surface area contributed by atoms with E-state index in [2.05, 4.69) is 5.32 Å². The van der Waals surface area contributed by atoms with Crippen LogP contribution >= 0.6 is 0 Å². The third kappa shape index (κ3) is 2.08. The van der Waals surface area contributed by atoms with Crippen molar-refractivity contribution in [1.82, 2.24) is 5.32 Å². The smallest absolute Gasteiger partial charge is 0.371 e. The minimum absolute atomic E-state index is 0.00834. The average molecular weight is 237 g/mol. The summed E-state index contributed by atoms with van der Waals surface area (Å²) in [6.07, 6.45) is 4.10. The second-order valence-corrected chi connectivity index (χ2v) is 4.67. The first-order valence-corrected chi connectivity index (χ1v) is 5.93. The van der Waals surface area contributed by atoms with Gasteiger partial charge in [-0.15, -0.1) is 0 Å². The van der Waals surface area contributed by atoms with Crippen LogP contribution in [0.1, 0.15) is 35.6 Å². The van der Waals surface area contributed by atoms with Crippen molar-refractivity contribution >= 4 is 5.97 Å². The van der Waals surface area contributed by atoms with Crippen molar-refractivity contribution in [3.8, 4) is 0 Å². The molecule has 0 aliphatic carbocycles. The molecule has 0 amide bonds. The predicted molar refractivity (Wildman–Crippen MR) is 58.8 cm³/mol. The average Bonchev–Trinajstić information content (AvgIpc) is 3.02. The molecular weight excluding hydrogens is 222 g/mol. The van der Waals surface area contributed by atoms with Crippen molar-refractivity contribution in [2.24, 2.45) is 0 Å². The SMILES string of the molecule is O=C(O)c1ccc(CNC2CC3CCC2O3)o1. The highest BCUT2D eigenvalue weighted by Gasteiger charge is 2.40. The molecule has 0 radical (unpaired) electrons. The quantitative estimate of drug-likeness (QED) is 0.828. The first-order chi connectivity index (χ1) is 8.22. The van der Waals surface area contributed by atoms with Gasteiger partial charge in [0.25, 0.3) is 0 Å². The van der Waals surface area contributed by atoms with Crippen LogP contribution in [0.2, 0.25) is 0 Å². The number of furan rings is 1. The van der Waals surface area contributed by atoms with Gasteiger partial charge in [-0.2, -0.15) is 0 Å². The molecule has 5 heteroatoms. The summed E-state index contributed by atoms with van der Waals surface area (Å²) in [6.45, 7) is 0.560. The van der Waals surface area contributed by atoms with Crippen molar-refractivity contribution in [2.75, 3.05) is 0 Å². The van der Waals surface area contributed by atoms with E-state index in [1.165, 1.54) is 12.5 Å². The number of carboxylic acid groups (broad SMARTS) is 1. The van der Waals surface area contributed by atoms with E-state index in [1.54, 1.807) is 6.07 Å². The lowest BCUT2D eigenvalue weighted by Crippen LogP contribution is -2.36. The zero-order valence-corrected chi connectivity index (χ0v) is 9.39. The first-order valence-electron chi connectivity index (χ1n) is 5.93. The Labute approximate surface area is 98.8 Å². The van der Waals surface area contributed by atoms with Crippen molar-refractivity contribution in [3.63, 3.8) is 0 Å².